The molecule has 2 aromatic rings. The number of carbonyl (C=O) groups is 2. The molecule has 122 valence electrons. The van der Waals surface area contributed by atoms with Gasteiger partial charge in [0.05, 0.1) is 0 Å². The lowest BCUT2D eigenvalue weighted by atomic mass is 10.2. The molecule has 1 aromatic carbocycles. The van der Waals surface area contributed by atoms with Gasteiger partial charge in [-0.2, -0.15) is 0 Å². The van der Waals surface area contributed by atoms with Gasteiger partial charge in [0.15, 0.2) is 0 Å². The van der Waals surface area contributed by atoms with E-state index in [2.05, 4.69) is 10.3 Å². The SMILES string of the molecule is O=C(O)C(=O)O.Oc1ccc(Cl)cc1CNCc1cccnc1. The molecule has 0 saturated carbocycles. The van der Waals surface area contributed by atoms with E-state index in [0.29, 0.717) is 18.1 Å². The van der Waals surface area contributed by atoms with Gasteiger partial charge in [-0.1, -0.05) is 17.7 Å². The first-order chi connectivity index (χ1) is 10.9. The van der Waals surface area contributed by atoms with Crippen molar-refractivity contribution in [2.75, 3.05) is 0 Å². The van der Waals surface area contributed by atoms with Gasteiger partial charge < -0.3 is 20.6 Å². The second-order valence-corrected chi connectivity index (χ2v) is 4.78. The van der Waals surface area contributed by atoms with Crippen molar-refractivity contribution < 1.29 is 24.9 Å². The van der Waals surface area contributed by atoms with Crippen molar-refractivity contribution in [1.29, 1.82) is 0 Å². The summed E-state index contributed by atoms with van der Waals surface area (Å²) in [6.45, 7) is 1.28. The molecule has 0 aliphatic carbocycles. The maximum absolute atomic E-state index is 9.62. The fraction of sp³-hybridized carbons (Fsp3) is 0.133. The highest BCUT2D eigenvalue weighted by Gasteiger charge is 2.04. The zero-order valence-electron chi connectivity index (χ0n) is 11.9. The van der Waals surface area contributed by atoms with Crippen molar-refractivity contribution in [3.8, 4) is 5.75 Å². The van der Waals surface area contributed by atoms with Gasteiger partial charge in [-0.3, -0.25) is 4.98 Å². The summed E-state index contributed by atoms with van der Waals surface area (Å²) in [5.41, 5.74) is 1.90. The molecule has 1 aromatic heterocycles. The molecule has 0 atom stereocenters. The lowest BCUT2D eigenvalue weighted by molar-refractivity contribution is -0.159. The van der Waals surface area contributed by atoms with Gasteiger partial charge in [0.1, 0.15) is 5.75 Å². The Balaban J connectivity index is 0.000000379. The number of hydrogen-bond donors (Lipinski definition) is 4. The minimum atomic E-state index is -1.82. The second kappa shape index (κ2) is 9.39. The highest BCUT2D eigenvalue weighted by atomic mass is 35.5. The fourth-order valence-electron chi connectivity index (χ4n) is 1.54. The molecule has 0 bridgehead atoms. The first kappa shape index (κ1) is 18.4. The standard InChI is InChI=1S/C13H13ClN2O.C2H2O4/c14-12-3-4-13(17)11(6-12)9-16-8-10-2-1-5-15-7-10;3-1(4)2(5)6/h1-7,16-17H,8-9H2;(H,3,4)(H,5,6). The molecule has 23 heavy (non-hydrogen) atoms. The molecule has 0 radical (unpaired) electrons. The van der Waals surface area contributed by atoms with Crippen molar-refractivity contribution >= 4 is 23.5 Å². The Morgan fingerprint density at radius 3 is 2.39 bits per heavy atom. The molecular formula is C15H15ClN2O5. The average Bonchev–Trinajstić information content (AvgIpc) is 2.52. The largest absolute Gasteiger partial charge is 0.508 e. The van der Waals surface area contributed by atoms with Gasteiger partial charge in [0.25, 0.3) is 0 Å². The summed E-state index contributed by atoms with van der Waals surface area (Å²) in [6, 6.07) is 8.92. The number of halogens is 1. The van der Waals surface area contributed by atoms with Crippen LogP contribution in [0.3, 0.4) is 0 Å². The number of nitrogens with zero attached hydrogens (tertiary/aromatic N) is 1. The molecule has 0 fully saturated rings. The number of benzene rings is 1. The molecule has 0 spiro atoms. The van der Waals surface area contributed by atoms with Crippen LogP contribution in [0.25, 0.3) is 0 Å². The van der Waals surface area contributed by atoms with Crippen LogP contribution in [0.1, 0.15) is 11.1 Å². The monoisotopic (exact) mass is 338 g/mol. The van der Waals surface area contributed by atoms with E-state index in [1.807, 2.05) is 18.3 Å². The number of hydrogen-bond acceptors (Lipinski definition) is 5. The van der Waals surface area contributed by atoms with E-state index in [0.717, 1.165) is 11.1 Å². The first-order valence-corrected chi connectivity index (χ1v) is 6.81. The smallest absolute Gasteiger partial charge is 0.414 e. The highest BCUT2D eigenvalue weighted by Crippen LogP contribution is 2.21. The fourth-order valence-corrected chi connectivity index (χ4v) is 1.73. The van der Waals surface area contributed by atoms with Crippen molar-refractivity contribution in [3.05, 3.63) is 58.9 Å². The minimum absolute atomic E-state index is 0.257. The molecule has 0 unspecified atom stereocenters. The number of phenolic OH excluding ortho intramolecular Hbond substituents is 1. The number of aromatic hydroxyl groups is 1. The van der Waals surface area contributed by atoms with Crippen LogP contribution in [0, 0.1) is 0 Å². The first-order valence-electron chi connectivity index (χ1n) is 6.43. The van der Waals surface area contributed by atoms with Gasteiger partial charge in [-0.05, 0) is 29.8 Å². The topological polar surface area (TPSA) is 120 Å². The Bertz CT molecular complexity index is 652. The van der Waals surface area contributed by atoms with Gasteiger partial charge in [0.2, 0.25) is 0 Å². The van der Waals surface area contributed by atoms with E-state index in [9.17, 15) is 5.11 Å². The van der Waals surface area contributed by atoms with E-state index in [1.165, 1.54) is 0 Å². The van der Waals surface area contributed by atoms with Crippen LogP contribution in [0.4, 0.5) is 0 Å². The van der Waals surface area contributed by atoms with Crippen LogP contribution < -0.4 is 5.32 Å². The number of pyridine rings is 1. The van der Waals surface area contributed by atoms with Crippen molar-refractivity contribution in [1.82, 2.24) is 10.3 Å². The summed E-state index contributed by atoms with van der Waals surface area (Å²) in [5.74, 6) is -3.39. The third-order valence-electron chi connectivity index (χ3n) is 2.59. The summed E-state index contributed by atoms with van der Waals surface area (Å²) in [4.78, 5) is 22.2. The van der Waals surface area contributed by atoms with Crippen LogP contribution in [-0.4, -0.2) is 32.2 Å². The molecule has 2 rings (SSSR count). The molecule has 0 aliphatic heterocycles. The Morgan fingerprint density at radius 1 is 1.13 bits per heavy atom. The number of aromatic nitrogens is 1. The second-order valence-electron chi connectivity index (χ2n) is 4.35. The Labute approximate surface area is 137 Å². The van der Waals surface area contributed by atoms with Crippen LogP contribution >= 0.6 is 11.6 Å². The van der Waals surface area contributed by atoms with Gasteiger partial charge >= 0.3 is 11.9 Å². The number of rotatable bonds is 4. The summed E-state index contributed by atoms with van der Waals surface area (Å²) >= 11 is 5.86. The Hall–Kier alpha value is -2.64. The lowest BCUT2D eigenvalue weighted by Crippen LogP contribution is -2.12. The quantitative estimate of drug-likeness (QED) is 0.628. The zero-order valence-corrected chi connectivity index (χ0v) is 12.7. The van der Waals surface area contributed by atoms with E-state index >= 15 is 0 Å². The molecule has 7 nitrogen and oxygen atoms in total. The highest BCUT2D eigenvalue weighted by molar-refractivity contribution is 6.30. The summed E-state index contributed by atoms with van der Waals surface area (Å²) in [7, 11) is 0. The van der Waals surface area contributed by atoms with E-state index in [1.54, 1.807) is 24.4 Å². The number of aliphatic carboxylic acids is 2. The van der Waals surface area contributed by atoms with Crippen LogP contribution in [0.2, 0.25) is 5.02 Å². The van der Waals surface area contributed by atoms with Crippen LogP contribution in [0.15, 0.2) is 42.7 Å². The van der Waals surface area contributed by atoms with Gasteiger partial charge in [-0.25, -0.2) is 9.59 Å². The maximum atomic E-state index is 9.62. The van der Waals surface area contributed by atoms with E-state index in [4.69, 9.17) is 31.4 Å². The van der Waals surface area contributed by atoms with E-state index in [-0.39, 0.29) is 5.75 Å². The third kappa shape index (κ3) is 7.25. The summed E-state index contributed by atoms with van der Waals surface area (Å²) in [6.07, 6.45) is 3.55. The summed E-state index contributed by atoms with van der Waals surface area (Å²) in [5, 5.41) is 28.3. The van der Waals surface area contributed by atoms with Crippen molar-refractivity contribution in [2.24, 2.45) is 0 Å². The van der Waals surface area contributed by atoms with Crippen molar-refractivity contribution in [3.63, 3.8) is 0 Å². The molecule has 4 N–H and O–H groups in total. The third-order valence-corrected chi connectivity index (χ3v) is 2.83. The molecular weight excluding hydrogens is 324 g/mol. The molecule has 0 aliphatic rings. The molecule has 0 amide bonds. The predicted molar refractivity (Wildman–Crippen MR) is 83.2 cm³/mol. The van der Waals surface area contributed by atoms with E-state index < -0.39 is 11.9 Å². The number of nitrogens with one attached hydrogen (secondary N) is 1. The minimum Gasteiger partial charge on any atom is -0.508 e. The molecule has 1 heterocycles. The Kier molecular flexibility index (Phi) is 7.52. The number of phenols is 1. The zero-order chi connectivity index (χ0) is 17.2. The van der Waals surface area contributed by atoms with Crippen LogP contribution in [-0.2, 0) is 22.7 Å². The average molecular weight is 339 g/mol. The molecule has 0 saturated heterocycles. The van der Waals surface area contributed by atoms with Gasteiger partial charge in [0, 0.05) is 36.1 Å². The summed E-state index contributed by atoms with van der Waals surface area (Å²) < 4.78 is 0. The maximum Gasteiger partial charge on any atom is 0.414 e. The number of carboxylic acid groups (broad SMARTS) is 2. The predicted octanol–water partition coefficient (Wildman–Crippen LogP) is 1.89. The Morgan fingerprint density at radius 2 is 1.83 bits per heavy atom. The molecule has 8 heteroatoms. The van der Waals surface area contributed by atoms with Crippen molar-refractivity contribution in [2.45, 2.75) is 13.1 Å². The lowest BCUT2D eigenvalue weighted by Gasteiger charge is -2.07. The number of carboxylic acids is 2. The normalized spacial score (nSPS) is 9.61. The van der Waals surface area contributed by atoms with Crippen LogP contribution in [0.5, 0.6) is 5.75 Å². The van der Waals surface area contributed by atoms with Gasteiger partial charge in [-0.15, -0.1) is 0 Å².